The Morgan fingerprint density at radius 1 is 1.24 bits per heavy atom. The maximum absolute atomic E-state index is 14.3. The molecule has 0 aromatic carbocycles. The Bertz CT molecular complexity index is 862. The smallest absolute Gasteiger partial charge is 0.312 e. The molecule has 3 saturated heterocycles. The predicted octanol–water partition coefficient (Wildman–Crippen LogP) is 3.87. The Balaban J connectivity index is 1.96. The molecule has 0 radical (unpaired) electrons. The van der Waals surface area contributed by atoms with Crippen molar-refractivity contribution in [3.05, 3.63) is 25.3 Å². The summed E-state index contributed by atoms with van der Waals surface area (Å²) in [6, 6.07) is -1.43. The molecule has 3 heterocycles. The van der Waals surface area contributed by atoms with Crippen molar-refractivity contribution in [2.24, 2.45) is 17.8 Å². The minimum absolute atomic E-state index is 0.0325. The van der Waals surface area contributed by atoms with E-state index in [1.54, 1.807) is 15.9 Å². The van der Waals surface area contributed by atoms with Crippen molar-refractivity contribution in [3.63, 3.8) is 0 Å². The van der Waals surface area contributed by atoms with Gasteiger partial charge in [0.2, 0.25) is 11.8 Å². The minimum atomic E-state index is -1.09. The van der Waals surface area contributed by atoms with Crippen molar-refractivity contribution in [1.82, 2.24) is 9.80 Å². The average Bonchev–Trinajstić information content (AvgIpc) is 3.55. The first kappa shape index (κ1) is 30.4. The number of hydrogen-bond acceptors (Lipinski definition) is 6. The van der Waals surface area contributed by atoms with Crippen LogP contribution in [0.15, 0.2) is 25.3 Å². The van der Waals surface area contributed by atoms with Gasteiger partial charge >= 0.3 is 5.97 Å². The molecule has 214 valence electrons. The summed E-state index contributed by atoms with van der Waals surface area (Å²) in [4.78, 5) is 45.2. The Labute approximate surface area is 228 Å². The standard InChI is InChI=1S/C30H48N2O6/c1-6-10-12-14-19-37-29(36)24-23-15-16-30(38-23)25(24)27(34)32(22(20-33)21(5)9-4)26(30)28(35)31(17-8-3)18-13-11-7-2/h6,8,21-26,33H,1,3,7,9-20H2,2,4-5H3/t21-,22-,23-,24+,25-,26?,30?/m0/s1. The molecule has 0 aromatic rings. The summed E-state index contributed by atoms with van der Waals surface area (Å²) in [6.45, 7) is 14.6. The average molecular weight is 533 g/mol. The van der Waals surface area contributed by atoms with Crippen LogP contribution in [0.25, 0.3) is 0 Å². The molecule has 7 atom stereocenters. The van der Waals surface area contributed by atoms with Gasteiger partial charge in [0.15, 0.2) is 0 Å². The highest BCUT2D eigenvalue weighted by Crippen LogP contribution is 2.59. The molecule has 2 bridgehead atoms. The fourth-order valence-corrected chi connectivity index (χ4v) is 6.64. The first-order valence-electron chi connectivity index (χ1n) is 14.6. The highest BCUT2D eigenvalue weighted by molar-refractivity contribution is 5.98. The monoisotopic (exact) mass is 532 g/mol. The lowest BCUT2D eigenvalue weighted by molar-refractivity contribution is -0.157. The van der Waals surface area contributed by atoms with Crippen molar-refractivity contribution in [2.75, 3.05) is 26.3 Å². The number of nitrogens with zero attached hydrogens (tertiary/aromatic N) is 2. The Morgan fingerprint density at radius 2 is 2.00 bits per heavy atom. The fraction of sp³-hybridized carbons (Fsp3) is 0.767. The molecule has 8 heteroatoms. The summed E-state index contributed by atoms with van der Waals surface area (Å²) >= 11 is 0. The van der Waals surface area contributed by atoms with E-state index in [0.717, 1.165) is 44.9 Å². The number of amides is 2. The molecule has 1 spiro atoms. The molecular weight excluding hydrogens is 484 g/mol. The van der Waals surface area contributed by atoms with E-state index in [1.807, 2.05) is 19.9 Å². The van der Waals surface area contributed by atoms with Crippen molar-refractivity contribution in [3.8, 4) is 0 Å². The largest absolute Gasteiger partial charge is 0.465 e. The van der Waals surface area contributed by atoms with Gasteiger partial charge in [0.25, 0.3) is 0 Å². The number of hydrogen-bond donors (Lipinski definition) is 1. The number of aliphatic hydroxyl groups excluding tert-OH is 1. The number of fused-ring (bicyclic) bond motifs is 1. The molecule has 3 aliphatic heterocycles. The lowest BCUT2D eigenvalue weighted by Gasteiger charge is -2.41. The second-order valence-corrected chi connectivity index (χ2v) is 11.2. The summed E-state index contributed by atoms with van der Waals surface area (Å²) in [7, 11) is 0. The van der Waals surface area contributed by atoms with Gasteiger partial charge in [0.1, 0.15) is 11.6 Å². The van der Waals surface area contributed by atoms with Gasteiger partial charge in [-0.25, -0.2) is 0 Å². The topological polar surface area (TPSA) is 96.4 Å². The van der Waals surface area contributed by atoms with Gasteiger partial charge < -0.3 is 24.4 Å². The van der Waals surface area contributed by atoms with Crippen LogP contribution < -0.4 is 0 Å². The van der Waals surface area contributed by atoms with Crippen LogP contribution >= 0.6 is 0 Å². The second-order valence-electron chi connectivity index (χ2n) is 11.2. The number of unbranched alkanes of at least 4 members (excludes halogenated alkanes) is 4. The van der Waals surface area contributed by atoms with Crippen LogP contribution in [0, 0.1) is 17.8 Å². The third-order valence-electron chi connectivity index (χ3n) is 8.83. The number of carbonyl (C=O) groups is 3. The SMILES string of the molecule is C=CCCCCOC(=O)[C@@H]1[C@@H]2CCC3(O2)C(C(=O)N(CC=C)CCCCC)N([C@@H](CO)[C@@H](C)CC)C(=O)[C@H]13. The Morgan fingerprint density at radius 3 is 2.63 bits per heavy atom. The molecule has 0 aromatic heterocycles. The molecule has 2 unspecified atom stereocenters. The van der Waals surface area contributed by atoms with E-state index in [2.05, 4.69) is 20.1 Å². The molecule has 38 heavy (non-hydrogen) atoms. The highest BCUT2D eigenvalue weighted by atomic mass is 16.6. The van der Waals surface area contributed by atoms with Gasteiger partial charge in [-0.05, 0) is 44.4 Å². The van der Waals surface area contributed by atoms with Gasteiger partial charge in [-0.15, -0.1) is 13.2 Å². The lowest BCUT2D eigenvalue weighted by Crippen LogP contribution is -2.59. The van der Waals surface area contributed by atoms with Crippen LogP contribution in [0.3, 0.4) is 0 Å². The highest BCUT2D eigenvalue weighted by Gasteiger charge is 2.75. The molecule has 3 rings (SSSR count). The summed E-state index contributed by atoms with van der Waals surface area (Å²) in [5.41, 5.74) is -1.09. The van der Waals surface area contributed by atoms with Gasteiger partial charge in [-0.3, -0.25) is 14.4 Å². The lowest BCUT2D eigenvalue weighted by atomic mass is 9.70. The zero-order valence-electron chi connectivity index (χ0n) is 23.6. The third-order valence-corrected chi connectivity index (χ3v) is 8.83. The maximum atomic E-state index is 14.3. The van der Waals surface area contributed by atoms with Gasteiger partial charge in [0.05, 0.1) is 37.2 Å². The van der Waals surface area contributed by atoms with E-state index in [-0.39, 0.29) is 30.9 Å². The zero-order chi connectivity index (χ0) is 27.9. The number of allylic oxidation sites excluding steroid dienone is 1. The van der Waals surface area contributed by atoms with E-state index in [1.165, 1.54) is 0 Å². The third kappa shape index (κ3) is 5.71. The van der Waals surface area contributed by atoms with Crippen molar-refractivity contribution < 1.29 is 29.0 Å². The Kier molecular flexibility index (Phi) is 11.0. The molecule has 8 nitrogen and oxygen atoms in total. The summed E-state index contributed by atoms with van der Waals surface area (Å²) in [6.07, 6.45) is 10.3. The van der Waals surface area contributed by atoms with E-state index < -0.39 is 41.6 Å². The van der Waals surface area contributed by atoms with E-state index in [9.17, 15) is 19.5 Å². The van der Waals surface area contributed by atoms with Crippen molar-refractivity contribution in [1.29, 1.82) is 0 Å². The predicted molar refractivity (Wildman–Crippen MR) is 146 cm³/mol. The molecule has 0 saturated carbocycles. The molecule has 0 aliphatic carbocycles. The Hall–Kier alpha value is -2.19. The van der Waals surface area contributed by atoms with Crippen LogP contribution in [0.5, 0.6) is 0 Å². The number of rotatable bonds is 17. The van der Waals surface area contributed by atoms with E-state index >= 15 is 0 Å². The number of ether oxygens (including phenoxy) is 2. The van der Waals surface area contributed by atoms with Crippen LogP contribution in [0.2, 0.25) is 0 Å². The first-order chi connectivity index (χ1) is 18.3. The minimum Gasteiger partial charge on any atom is -0.465 e. The van der Waals surface area contributed by atoms with Gasteiger partial charge in [-0.2, -0.15) is 0 Å². The number of aliphatic hydroxyl groups is 1. The quantitative estimate of drug-likeness (QED) is 0.174. The maximum Gasteiger partial charge on any atom is 0.312 e. The van der Waals surface area contributed by atoms with Crippen LogP contribution in [-0.2, 0) is 23.9 Å². The van der Waals surface area contributed by atoms with Gasteiger partial charge in [0, 0.05) is 13.1 Å². The number of likely N-dealkylation sites (tertiary alicyclic amines) is 1. The van der Waals surface area contributed by atoms with Gasteiger partial charge in [-0.1, -0.05) is 52.2 Å². The van der Waals surface area contributed by atoms with Crippen LogP contribution in [0.1, 0.15) is 78.6 Å². The summed E-state index contributed by atoms with van der Waals surface area (Å²) in [5, 5.41) is 10.4. The molecule has 1 N–H and O–H groups in total. The van der Waals surface area contributed by atoms with E-state index in [4.69, 9.17) is 9.47 Å². The van der Waals surface area contributed by atoms with Crippen molar-refractivity contribution >= 4 is 17.8 Å². The number of carbonyl (C=O) groups excluding carboxylic acids is 3. The fourth-order valence-electron chi connectivity index (χ4n) is 6.64. The van der Waals surface area contributed by atoms with Crippen molar-refractivity contribution in [2.45, 2.75) is 102 Å². The molecule has 3 aliphatic rings. The molecule has 2 amide bonds. The van der Waals surface area contributed by atoms with Crippen LogP contribution in [0.4, 0.5) is 0 Å². The molecule has 3 fully saturated rings. The normalized spacial score (nSPS) is 29.2. The summed E-state index contributed by atoms with van der Waals surface area (Å²) in [5.74, 6) is -2.43. The zero-order valence-corrected chi connectivity index (χ0v) is 23.6. The first-order valence-corrected chi connectivity index (χ1v) is 14.6. The second kappa shape index (κ2) is 13.7. The van der Waals surface area contributed by atoms with E-state index in [0.29, 0.717) is 25.9 Å². The number of esters is 1. The molecular formula is C30H48N2O6. The summed E-state index contributed by atoms with van der Waals surface area (Å²) < 4.78 is 12.2. The van der Waals surface area contributed by atoms with Crippen LogP contribution in [-0.4, -0.2) is 82.8 Å².